The van der Waals surface area contributed by atoms with Gasteiger partial charge in [-0.2, -0.15) is 0 Å². The monoisotopic (exact) mass is 278 g/mol. The van der Waals surface area contributed by atoms with E-state index < -0.39 is 0 Å². The van der Waals surface area contributed by atoms with E-state index in [0.29, 0.717) is 6.04 Å². The molecular formula is C17H30N2O. The van der Waals surface area contributed by atoms with Crippen molar-refractivity contribution in [2.75, 3.05) is 27.2 Å². The average Bonchev–Trinajstić information content (AvgIpc) is 2.47. The number of nitrogens with zero attached hydrogens (tertiary/aromatic N) is 1. The van der Waals surface area contributed by atoms with E-state index in [1.54, 1.807) is 7.11 Å². The highest BCUT2D eigenvalue weighted by Gasteiger charge is 2.11. The van der Waals surface area contributed by atoms with Crippen LogP contribution in [0, 0.1) is 0 Å². The van der Waals surface area contributed by atoms with Crippen LogP contribution in [0.15, 0.2) is 24.3 Å². The number of hydrogen-bond donors (Lipinski definition) is 1. The van der Waals surface area contributed by atoms with Gasteiger partial charge in [0.15, 0.2) is 0 Å². The number of hydrogen-bond acceptors (Lipinski definition) is 3. The van der Waals surface area contributed by atoms with Crippen LogP contribution in [-0.2, 0) is 6.54 Å². The average molecular weight is 278 g/mol. The molecule has 0 spiro atoms. The van der Waals surface area contributed by atoms with Crippen molar-refractivity contribution in [2.24, 2.45) is 0 Å². The summed E-state index contributed by atoms with van der Waals surface area (Å²) in [6.45, 7) is 7.70. The first-order valence-electron chi connectivity index (χ1n) is 7.71. The number of rotatable bonds is 10. The first-order valence-corrected chi connectivity index (χ1v) is 7.71. The first-order chi connectivity index (χ1) is 9.69. The molecule has 0 aliphatic rings. The largest absolute Gasteiger partial charge is 0.496 e. The zero-order chi connectivity index (χ0) is 14.8. The lowest BCUT2D eigenvalue weighted by Gasteiger charge is -2.25. The van der Waals surface area contributed by atoms with E-state index in [2.05, 4.69) is 43.2 Å². The Kier molecular flexibility index (Phi) is 8.31. The molecule has 1 aromatic rings. The Morgan fingerprint density at radius 2 is 2.00 bits per heavy atom. The minimum atomic E-state index is 0.586. The zero-order valence-electron chi connectivity index (χ0n) is 13.5. The topological polar surface area (TPSA) is 24.5 Å². The minimum Gasteiger partial charge on any atom is -0.496 e. The fourth-order valence-electron chi connectivity index (χ4n) is 2.30. The number of nitrogens with one attached hydrogen (secondary N) is 1. The number of para-hydroxylation sites is 1. The molecule has 0 saturated carbocycles. The summed E-state index contributed by atoms with van der Waals surface area (Å²) < 4.78 is 5.41. The predicted octanol–water partition coefficient (Wildman–Crippen LogP) is 3.30. The summed E-state index contributed by atoms with van der Waals surface area (Å²) in [5, 5.41) is 3.46. The summed E-state index contributed by atoms with van der Waals surface area (Å²) in [4.78, 5) is 2.40. The lowest BCUT2D eigenvalue weighted by Crippen LogP contribution is -2.29. The van der Waals surface area contributed by atoms with Crippen LogP contribution < -0.4 is 10.1 Å². The summed E-state index contributed by atoms with van der Waals surface area (Å²) >= 11 is 0. The fourth-order valence-corrected chi connectivity index (χ4v) is 2.30. The normalized spacial score (nSPS) is 12.7. The van der Waals surface area contributed by atoms with Gasteiger partial charge in [0.1, 0.15) is 5.75 Å². The summed E-state index contributed by atoms with van der Waals surface area (Å²) in [6, 6.07) is 8.85. The number of methoxy groups -OCH3 is 1. The second-order valence-corrected chi connectivity index (χ2v) is 5.47. The Morgan fingerprint density at radius 1 is 1.25 bits per heavy atom. The molecule has 20 heavy (non-hydrogen) atoms. The van der Waals surface area contributed by atoms with Crippen molar-refractivity contribution in [1.82, 2.24) is 10.2 Å². The highest BCUT2D eigenvalue weighted by Crippen LogP contribution is 2.20. The molecule has 0 aliphatic heterocycles. The Balaban J connectivity index is 2.35. The standard InChI is InChI=1S/C17H30N2O/c1-5-12-18-13-8-9-15(2)19(3)14-16-10-6-7-11-17(16)20-4/h6-7,10-11,15,18H,5,8-9,12-14H2,1-4H3. The van der Waals surface area contributed by atoms with E-state index in [1.165, 1.54) is 24.8 Å². The molecule has 0 radical (unpaired) electrons. The van der Waals surface area contributed by atoms with Gasteiger partial charge in [0.2, 0.25) is 0 Å². The maximum absolute atomic E-state index is 5.41. The van der Waals surface area contributed by atoms with E-state index in [4.69, 9.17) is 4.74 Å². The molecule has 0 aromatic heterocycles. The molecule has 0 bridgehead atoms. The van der Waals surface area contributed by atoms with Gasteiger partial charge >= 0.3 is 0 Å². The van der Waals surface area contributed by atoms with Crippen LogP contribution in [0.4, 0.5) is 0 Å². The Labute approximate surface area is 124 Å². The van der Waals surface area contributed by atoms with Crippen molar-refractivity contribution in [3.8, 4) is 5.75 Å². The van der Waals surface area contributed by atoms with Crippen LogP contribution in [0.5, 0.6) is 5.75 Å². The molecule has 0 fully saturated rings. The molecule has 1 aromatic carbocycles. The minimum absolute atomic E-state index is 0.586. The van der Waals surface area contributed by atoms with Gasteiger partial charge in [-0.05, 0) is 52.4 Å². The van der Waals surface area contributed by atoms with E-state index in [-0.39, 0.29) is 0 Å². The quantitative estimate of drug-likeness (QED) is 0.665. The molecule has 0 heterocycles. The molecule has 3 nitrogen and oxygen atoms in total. The fraction of sp³-hybridized carbons (Fsp3) is 0.647. The predicted molar refractivity (Wildman–Crippen MR) is 86.3 cm³/mol. The van der Waals surface area contributed by atoms with E-state index in [0.717, 1.165) is 25.4 Å². The Hall–Kier alpha value is -1.06. The molecule has 0 aliphatic carbocycles. The molecule has 0 amide bonds. The highest BCUT2D eigenvalue weighted by atomic mass is 16.5. The zero-order valence-corrected chi connectivity index (χ0v) is 13.5. The number of ether oxygens (including phenoxy) is 1. The van der Waals surface area contributed by atoms with Crippen molar-refractivity contribution in [2.45, 2.75) is 45.7 Å². The summed E-state index contributed by atoms with van der Waals surface area (Å²) in [5.74, 6) is 0.983. The van der Waals surface area contributed by atoms with Crippen molar-refractivity contribution in [3.05, 3.63) is 29.8 Å². The molecule has 1 unspecified atom stereocenters. The van der Waals surface area contributed by atoms with Crippen LogP contribution in [0.3, 0.4) is 0 Å². The van der Waals surface area contributed by atoms with Crippen LogP contribution in [-0.4, -0.2) is 38.2 Å². The van der Waals surface area contributed by atoms with Gasteiger partial charge in [0, 0.05) is 18.2 Å². The molecule has 1 atom stereocenters. The van der Waals surface area contributed by atoms with Crippen molar-refractivity contribution >= 4 is 0 Å². The van der Waals surface area contributed by atoms with Crippen LogP contribution in [0.1, 0.15) is 38.7 Å². The number of benzene rings is 1. The third-order valence-corrected chi connectivity index (χ3v) is 3.77. The lowest BCUT2D eigenvalue weighted by atomic mass is 10.1. The molecule has 1 rings (SSSR count). The highest BCUT2D eigenvalue weighted by molar-refractivity contribution is 5.33. The third-order valence-electron chi connectivity index (χ3n) is 3.77. The van der Waals surface area contributed by atoms with Gasteiger partial charge in [-0.3, -0.25) is 4.90 Å². The van der Waals surface area contributed by atoms with Gasteiger partial charge in [-0.1, -0.05) is 25.1 Å². The van der Waals surface area contributed by atoms with Crippen LogP contribution >= 0.6 is 0 Å². The third kappa shape index (κ3) is 5.93. The van der Waals surface area contributed by atoms with E-state index >= 15 is 0 Å². The molecule has 114 valence electrons. The smallest absolute Gasteiger partial charge is 0.123 e. The van der Waals surface area contributed by atoms with Gasteiger partial charge in [-0.25, -0.2) is 0 Å². The Bertz CT molecular complexity index is 368. The summed E-state index contributed by atoms with van der Waals surface area (Å²) in [5.41, 5.74) is 1.26. The van der Waals surface area contributed by atoms with Crippen LogP contribution in [0.2, 0.25) is 0 Å². The van der Waals surface area contributed by atoms with Crippen molar-refractivity contribution in [3.63, 3.8) is 0 Å². The van der Waals surface area contributed by atoms with Gasteiger partial charge in [0.05, 0.1) is 7.11 Å². The maximum atomic E-state index is 5.41. The second kappa shape index (κ2) is 9.78. The van der Waals surface area contributed by atoms with E-state index in [9.17, 15) is 0 Å². The van der Waals surface area contributed by atoms with Gasteiger partial charge in [0.25, 0.3) is 0 Å². The van der Waals surface area contributed by atoms with Crippen LogP contribution in [0.25, 0.3) is 0 Å². The van der Waals surface area contributed by atoms with Crippen molar-refractivity contribution in [1.29, 1.82) is 0 Å². The SMILES string of the molecule is CCCNCCCC(C)N(C)Cc1ccccc1OC. The van der Waals surface area contributed by atoms with Crippen molar-refractivity contribution < 1.29 is 4.74 Å². The first kappa shape index (κ1) is 17.0. The van der Waals surface area contributed by atoms with E-state index in [1.807, 2.05) is 12.1 Å². The van der Waals surface area contributed by atoms with Gasteiger partial charge in [-0.15, -0.1) is 0 Å². The molecule has 0 saturated heterocycles. The maximum Gasteiger partial charge on any atom is 0.123 e. The lowest BCUT2D eigenvalue weighted by molar-refractivity contribution is 0.231. The summed E-state index contributed by atoms with van der Waals surface area (Å²) in [6.07, 6.45) is 3.67. The Morgan fingerprint density at radius 3 is 2.70 bits per heavy atom. The molecular weight excluding hydrogens is 248 g/mol. The second-order valence-electron chi connectivity index (χ2n) is 5.47. The molecule has 1 N–H and O–H groups in total. The summed E-state index contributed by atoms with van der Waals surface area (Å²) in [7, 11) is 3.93. The van der Waals surface area contributed by atoms with Gasteiger partial charge < -0.3 is 10.1 Å². The molecule has 3 heteroatoms.